The van der Waals surface area contributed by atoms with Crippen molar-refractivity contribution in [3.63, 3.8) is 0 Å². The molecule has 1 saturated heterocycles. The normalized spacial score (nSPS) is 19.6. The van der Waals surface area contributed by atoms with Gasteiger partial charge in [0.1, 0.15) is 0 Å². The number of benzene rings is 1. The van der Waals surface area contributed by atoms with Crippen molar-refractivity contribution in [2.75, 3.05) is 24.6 Å². The number of amides is 4. The lowest BCUT2D eigenvalue weighted by Crippen LogP contribution is -2.39. The minimum atomic E-state index is -0.437. The molecule has 4 amide bonds. The maximum absolute atomic E-state index is 12.5. The summed E-state index contributed by atoms with van der Waals surface area (Å²) < 4.78 is 0. The Morgan fingerprint density at radius 1 is 1.03 bits per heavy atom. The molecule has 8 heteroatoms. The molecule has 1 atom stereocenters. The van der Waals surface area contributed by atoms with Crippen LogP contribution in [0.3, 0.4) is 0 Å². The number of hydrogen-bond donors (Lipinski definition) is 2. The van der Waals surface area contributed by atoms with E-state index in [1.165, 1.54) is 16.7 Å². The van der Waals surface area contributed by atoms with Crippen LogP contribution in [0.15, 0.2) is 30.3 Å². The van der Waals surface area contributed by atoms with Crippen LogP contribution in [0.1, 0.15) is 43.6 Å². The average Bonchev–Trinajstić information content (AvgIpc) is 3.31. The fraction of sp³-hybridized carbons (Fsp3) is 0.524. The topological polar surface area (TPSA) is 95.6 Å². The Morgan fingerprint density at radius 3 is 2.45 bits per heavy atom. The molecular weight excluding hydrogens is 390 g/mol. The van der Waals surface area contributed by atoms with Crippen molar-refractivity contribution in [1.82, 2.24) is 15.5 Å². The number of imide groups is 1. The Kier molecular flexibility index (Phi) is 7.69. The highest BCUT2D eigenvalue weighted by atomic mass is 32.2. The first-order valence-electron chi connectivity index (χ1n) is 10.1. The molecule has 1 unspecified atom stereocenters. The van der Waals surface area contributed by atoms with Crippen molar-refractivity contribution in [2.24, 2.45) is 0 Å². The monoisotopic (exact) mass is 417 g/mol. The maximum Gasteiger partial charge on any atom is 0.237 e. The first kappa shape index (κ1) is 21.4. The molecule has 2 N–H and O–H groups in total. The number of nitrogens with zero attached hydrogens (tertiary/aromatic N) is 1. The Balaban J connectivity index is 1.33. The van der Waals surface area contributed by atoms with Crippen molar-refractivity contribution in [2.45, 2.75) is 44.1 Å². The van der Waals surface area contributed by atoms with Gasteiger partial charge in [-0.25, -0.2) is 0 Å². The van der Waals surface area contributed by atoms with E-state index in [0.29, 0.717) is 0 Å². The molecule has 1 saturated carbocycles. The highest BCUT2D eigenvalue weighted by Crippen LogP contribution is 2.29. The Hall–Kier alpha value is -2.35. The zero-order chi connectivity index (χ0) is 20.6. The Morgan fingerprint density at radius 2 is 1.72 bits per heavy atom. The van der Waals surface area contributed by atoms with Crippen molar-refractivity contribution in [3.8, 4) is 0 Å². The van der Waals surface area contributed by atoms with Gasteiger partial charge in [-0.1, -0.05) is 43.2 Å². The second-order valence-corrected chi connectivity index (χ2v) is 8.43. The molecule has 0 spiro atoms. The molecule has 1 aromatic rings. The van der Waals surface area contributed by atoms with Gasteiger partial charge in [0.05, 0.1) is 17.4 Å². The molecule has 0 aromatic heterocycles. The number of thioether (sulfide) groups is 1. The van der Waals surface area contributed by atoms with E-state index in [1.54, 1.807) is 0 Å². The fourth-order valence-electron chi connectivity index (χ4n) is 3.80. The van der Waals surface area contributed by atoms with Gasteiger partial charge in [0.25, 0.3) is 0 Å². The summed E-state index contributed by atoms with van der Waals surface area (Å²) in [7, 11) is 0. The largest absolute Gasteiger partial charge is 0.354 e. The number of rotatable bonds is 9. The van der Waals surface area contributed by atoms with Crippen LogP contribution in [0.5, 0.6) is 0 Å². The molecule has 1 aromatic carbocycles. The predicted octanol–water partition coefficient (Wildman–Crippen LogP) is 1.44. The molecule has 1 aliphatic carbocycles. The van der Waals surface area contributed by atoms with Gasteiger partial charge < -0.3 is 10.6 Å². The van der Waals surface area contributed by atoms with E-state index in [9.17, 15) is 19.2 Å². The minimum absolute atomic E-state index is 0.0325. The van der Waals surface area contributed by atoms with Crippen molar-refractivity contribution >= 4 is 35.4 Å². The first-order valence-corrected chi connectivity index (χ1v) is 11.2. The van der Waals surface area contributed by atoms with Gasteiger partial charge >= 0.3 is 0 Å². The second kappa shape index (κ2) is 10.4. The highest BCUT2D eigenvalue weighted by molar-refractivity contribution is 8.00. The van der Waals surface area contributed by atoms with Crippen LogP contribution >= 0.6 is 11.8 Å². The third kappa shape index (κ3) is 6.06. The Bertz CT molecular complexity index is 750. The molecule has 2 fully saturated rings. The number of likely N-dealkylation sites (tertiary alicyclic amines) is 1. The summed E-state index contributed by atoms with van der Waals surface area (Å²) in [6, 6.07) is 9.55. The van der Waals surface area contributed by atoms with Gasteiger partial charge in [-0.3, -0.25) is 24.1 Å². The summed E-state index contributed by atoms with van der Waals surface area (Å²) in [5, 5.41) is 5.70. The zero-order valence-corrected chi connectivity index (χ0v) is 17.2. The van der Waals surface area contributed by atoms with E-state index in [4.69, 9.17) is 0 Å². The number of nitrogens with one attached hydrogen (secondary N) is 2. The SMILES string of the molecule is O=C(CSCC(=O)NC1CCCC1)NCCN1C(=O)CC(c2ccccc2)C1=O. The summed E-state index contributed by atoms with van der Waals surface area (Å²) in [5.41, 5.74) is 0.838. The lowest BCUT2D eigenvalue weighted by Gasteiger charge is -2.15. The van der Waals surface area contributed by atoms with E-state index in [1.807, 2.05) is 30.3 Å². The fourth-order valence-corrected chi connectivity index (χ4v) is 4.46. The molecule has 7 nitrogen and oxygen atoms in total. The van der Waals surface area contributed by atoms with Crippen LogP contribution in [0, 0.1) is 0 Å². The smallest absolute Gasteiger partial charge is 0.237 e. The summed E-state index contributed by atoms with van der Waals surface area (Å²) in [6.07, 6.45) is 4.57. The van der Waals surface area contributed by atoms with Crippen LogP contribution in [0.4, 0.5) is 0 Å². The van der Waals surface area contributed by atoms with E-state index in [2.05, 4.69) is 10.6 Å². The molecular formula is C21H27N3O4S. The second-order valence-electron chi connectivity index (χ2n) is 7.44. The van der Waals surface area contributed by atoms with Gasteiger partial charge in [0.2, 0.25) is 23.6 Å². The van der Waals surface area contributed by atoms with E-state index >= 15 is 0 Å². The van der Waals surface area contributed by atoms with Gasteiger partial charge in [0.15, 0.2) is 0 Å². The van der Waals surface area contributed by atoms with Gasteiger partial charge in [-0.05, 0) is 18.4 Å². The maximum atomic E-state index is 12.5. The van der Waals surface area contributed by atoms with Gasteiger partial charge in [-0.15, -0.1) is 11.8 Å². The minimum Gasteiger partial charge on any atom is -0.354 e. The van der Waals surface area contributed by atoms with Crippen LogP contribution in [-0.4, -0.2) is 59.2 Å². The molecule has 2 aliphatic rings. The highest BCUT2D eigenvalue weighted by Gasteiger charge is 2.38. The molecule has 3 rings (SSSR count). The van der Waals surface area contributed by atoms with Gasteiger partial charge in [-0.2, -0.15) is 0 Å². The molecule has 29 heavy (non-hydrogen) atoms. The predicted molar refractivity (Wildman–Crippen MR) is 111 cm³/mol. The van der Waals surface area contributed by atoms with Crippen molar-refractivity contribution in [1.29, 1.82) is 0 Å². The lowest BCUT2D eigenvalue weighted by atomic mass is 9.98. The quantitative estimate of drug-likeness (QED) is 0.593. The average molecular weight is 418 g/mol. The third-order valence-corrected chi connectivity index (χ3v) is 6.22. The summed E-state index contributed by atoms with van der Waals surface area (Å²) in [5.74, 6) is -0.673. The third-order valence-electron chi connectivity index (χ3n) is 5.29. The zero-order valence-electron chi connectivity index (χ0n) is 16.4. The number of hydrogen-bond acceptors (Lipinski definition) is 5. The first-order chi connectivity index (χ1) is 14.0. The summed E-state index contributed by atoms with van der Waals surface area (Å²) >= 11 is 1.26. The molecule has 0 bridgehead atoms. The van der Waals surface area contributed by atoms with Crippen LogP contribution in [0.2, 0.25) is 0 Å². The lowest BCUT2D eigenvalue weighted by molar-refractivity contribution is -0.139. The van der Waals surface area contributed by atoms with Crippen molar-refractivity contribution < 1.29 is 19.2 Å². The van der Waals surface area contributed by atoms with Crippen LogP contribution in [0.25, 0.3) is 0 Å². The van der Waals surface area contributed by atoms with Gasteiger partial charge in [0, 0.05) is 25.6 Å². The molecule has 0 radical (unpaired) electrons. The van der Waals surface area contributed by atoms with E-state index < -0.39 is 5.92 Å². The number of carbonyl (C=O) groups is 4. The number of carbonyl (C=O) groups excluding carboxylic acids is 4. The van der Waals surface area contributed by atoms with E-state index in [0.717, 1.165) is 31.2 Å². The van der Waals surface area contributed by atoms with Crippen LogP contribution < -0.4 is 10.6 Å². The Labute approximate surface area is 175 Å². The van der Waals surface area contributed by atoms with E-state index in [-0.39, 0.29) is 60.7 Å². The molecule has 1 heterocycles. The summed E-state index contributed by atoms with van der Waals surface area (Å²) in [6.45, 7) is 0.381. The molecule has 1 aliphatic heterocycles. The van der Waals surface area contributed by atoms with Crippen molar-refractivity contribution in [3.05, 3.63) is 35.9 Å². The summed E-state index contributed by atoms with van der Waals surface area (Å²) in [4.78, 5) is 49.7. The van der Waals surface area contributed by atoms with Crippen LogP contribution in [-0.2, 0) is 19.2 Å². The molecule has 156 valence electrons. The standard InChI is InChI=1S/C21H27N3O4S/c25-18(13-29-14-19(26)23-16-8-4-5-9-16)22-10-11-24-20(27)12-17(21(24)28)15-6-2-1-3-7-15/h1-3,6-7,16-17H,4-5,8-14H2,(H,22,25)(H,23,26).